The Morgan fingerprint density at radius 2 is 1.82 bits per heavy atom. The summed E-state index contributed by atoms with van der Waals surface area (Å²) >= 11 is 0. The fourth-order valence-corrected chi connectivity index (χ4v) is 2.26. The Bertz CT molecular complexity index is 576. The van der Waals surface area contributed by atoms with E-state index in [1.807, 2.05) is 21.1 Å². The lowest BCUT2D eigenvalue weighted by molar-refractivity contribution is -0.873. The highest BCUT2D eigenvalue weighted by Gasteiger charge is 2.20. The van der Waals surface area contributed by atoms with Crippen LogP contribution < -0.4 is 10.5 Å². The Morgan fingerprint density at radius 3 is 2.27 bits per heavy atom. The predicted octanol–water partition coefficient (Wildman–Crippen LogP) is 1.12. The number of rotatable bonds is 7. The van der Waals surface area contributed by atoms with Crippen molar-refractivity contribution in [1.29, 1.82) is 0 Å². The summed E-state index contributed by atoms with van der Waals surface area (Å²) < 4.78 is 6.14. The van der Waals surface area contributed by atoms with Crippen molar-refractivity contribution in [3.63, 3.8) is 0 Å². The third kappa shape index (κ3) is 4.82. The first-order chi connectivity index (χ1) is 10.0. The van der Waals surface area contributed by atoms with E-state index in [0.29, 0.717) is 16.6 Å². The Kier molecular flexibility index (Phi) is 5.68. The second-order valence-corrected chi connectivity index (χ2v) is 6.45. The van der Waals surface area contributed by atoms with Crippen LogP contribution in [0.5, 0.6) is 5.75 Å². The molecular formula is C16H25N2O4+. The van der Waals surface area contributed by atoms with E-state index in [-0.39, 0.29) is 35.2 Å². The maximum atomic E-state index is 11.8. The summed E-state index contributed by atoms with van der Waals surface area (Å²) in [5.41, 5.74) is 6.51. The summed E-state index contributed by atoms with van der Waals surface area (Å²) in [6.45, 7) is 3.32. The Hall–Kier alpha value is -1.92. The van der Waals surface area contributed by atoms with Crippen molar-refractivity contribution in [2.24, 2.45) is 0 Å². The number of quaternary nitrogens is 1. The van der Waals surface area contributed by atoms with Gasteiger partial charge in [0.2, 0.25) is 0 Å². The number of hydrogen-bond acceptors (Lipinski definition) is 5. The maximum Gasteiger partial charge on any atom is 0.165 e. The second-order valence-electron chi connectivity index (χ2n) is 6.45. The molecule has 0 aliphatic rings. The fraction of sp³-hybridized carbons (Fsp3) is 0.500. The van der Waals surface area contributed by atoms with Crippen molar-refractivity contribution < 1.29 is 23.9 Å². The molecule has 1 unspecified atom stereocenters. The highest BCUT2D eigenvalue weighted by molar-refractivity contribution is 6.08. The number of ether oxygens (including phenoxy) is 1. The van der Waals surface area contributed by atoms with Crippen LogP contribution in [0.25, 0.3) is 0 Å². The Morgan fingerprint density at radius 1 is 1.23 bits per heavy atom. The molecule has 0 aliphatic heterocycles. The zero-order valence-electron chi connectivity index (χ0n) is 13.8. The maximum absolute atomic E-state index is 11.8. The third-order valence-corrected chi connectivity index (χ3v) is 3.13. The topological polar surface area (TPSA) is 89.6 Å². The van der Waals surface area contributed by atoms with Crippen LogP contribution >= 0.6 is 0 Å². The molecule has 0 heterocycles. The van der Waals surface area contributed by atoms with Crippen LogP contribution in [0.4, 0.5) is 5.69 Å². The lowest BCUT2D eigenvalue weighted by atomic mass is 10.0. The molecule has 0 saturated heterocycles. The largest absolute Gasteiger partial charge is 0.490 e. The standard InChI is InChI=1S/C16H24N2O4/c1-10(19)13-6-7-14(15(11(2)20)16(13)17)22-9-12(21)8-18(3,4)5/h6-7,12,21H,8-9H2,1-5H3,(H-,17,19,20)/p+1. The van der Waals surface area contributed by atoms with Gasteiger partial charge in [-0.2, -0.15) is 0 Å². The number of aliphatic hydroxyl groups excluding tert-OH is 1. The number of anilines is 1. The minimum Gasteiger partial charge on any atom is -0.490 e. The Labute approximate surface area is 131 Å². The van der Waals surface area contributed by atoms with Gasteiger partial charge in [-0.05, 0) is 26.0 Å². The van der Waals surface area contributed by atoms with Crippen LogP contribution in [-0.4, -0.2) is 61.6 Å². The molecule has 1 aromatic rings. The van der Waals surface area contributed by atoms with Gasteiger partial charge < -0.3 is 20.1 Å². The molecule has 0 bridgehead atoms. The average Bonchev–Trinajstić information content (AvgIpc) is 2.33. The van der Waals surface area contributed by atoms with E-state index in [0.717, 1.165) is 0 Å². The number of ketones is 2. The second kappa shape index (κ2) is 6.89. The quantitative estimate of drug-likeness (QED) is 0.447. The molecule has 22 heavy (non-hydrogen) atoms. The first-order valence-electron chi connectivity index (χ1n) is 7.08. The number of likely N-dealkylation sites (N-methyl/N-ethyl adjacent to an activating group) is 1. The molecule has 0 fully saturated rings. The number of hydrogen-bond donors (Lipinski definition) is 2. The number of carbonyl (C=O) groups is 2. The van der Waals surface area contributed by atoms with Crippen LogP contribution in [-0.2, 0) is 0 Å². The molecular weight excluding hydrogens is 284 g/mol. The molecule has 0 aliphatic carbocycles. The van der Waals surface area contributed by atoms with Gasteiger partial charge in [0.1, 0.15) is 25.0 Å². The predicted molar refractivity (Wildman–Crippen MR) is 85.3 cm³/mol. The van der Waals surface area contributed by atoms with E-state index >= 15 is 0 Å². The zero-order valence-corrected chi connectivity index (χ0v) is 13.8. The van der Waals surface area contributed by atoms with Gasteiger partial charge in [0.15, 0.2) is 11.6 Å². The van der Waals surface area contributed by atoms with Crippen LogP contribution in [0.15, 0.2) is 12.1 Å². The summed E-state index contributed by atoms with van der Waals surface area (Å²) in [6, 6.07) is 3.08. The minimum atomic E-state index is -0.673. The van der Waals surface area contributed by atoms with E-state index in [2.05, 4.69) is 0 Å². The highest BCUT2D eigenvalue weighted by atomic mass is 16.5. The van der Waals surface area contributed by atoms with E-state index in [9.17, 15) is 14.7 Å². The number of nitrogens with two attached hydrogens (primary N) is 1. The number of nitrogen functional groups attached to an aromatic ring is 1. The number of carbonyl (C=O) groups excluding carboxylic acids is 2. The van der Waals surface area contributed by atoms with Gasteiger partial charge in [-0.25, -0.2) is 0 Å². The molecule has 1 aromatic carbocycles. The zero-order chi connectivity index (χ0) is 17.1. The van der Waals surface area contributed by atoms with Crippen molar-refractivity contribution in [3.05, 3.63) is 23.3 Å². The summed E-state index contributed by atoms with van der Waals surface area (Å²) in [4.78, 5) is 23.3. The molecule has 0 amide bonds. The molecule has 6 nitrogen and oxygen atoms in total. The number of benzene rings is 1. The highest BCUT2D eigenvalue weighted by Crippen LogP contribution is 2.29. The van der Waals surface area contributed by atoms with Crippen LogP contribution in [0.1, 0.15) is 34.6 Å². The van der Waals surface area contributed by atoms with Crippen molar-refractivity contribution in [1.82, 2.24) is 0 Å². The van der Waals surface area contributed by atoms with Crippen LogP contribution in [0.3, 0.4) is 0 Å². The van der Waals surface area contributed by atoms with Gasteiger partial charge in [0, 0.05) is 5.56 Å². The number of nitrogens with zero attached hydrogens (tertiary/aromatic N) is 1. The Balaban J connectivity index is 2.98. The molecule has 122 valence electrons. The summed E-state index contributed by atoms with van der Waals surface area (Å²) in [5.74, 6) is -0.205. The summed E-state index contributed by atoms with van der Waals surface area (Å²) in [5, 5.41) is 9.98. The molecule has 3 N–H and O–H groups in total. The molecule has 0 aromatic heterocycles. The monoisotopic (exact) mass is 309 g/mol. The smallest absolute Gasteiger partial charge is 0.165 e. The first kappa shape index (κ1) is 18.1. The van der Waals surface area contributed by atoms with Crippen LogP contribution in [0, 0.1) is 0 Å². The minimum absolute atomic E-state index is 0.0503. The van der Waals surface area contributed by atoms with Crippen LogP contribution in [0.2, 0.25) is 0 Å². The molecule has 1 atom stereocenters. The van der Waals surface area contributed by atoms with Gasteiger partial charge in [0.05, 0.1) is 32.4 Å². The molecule has 0 saturated carbocycles. The first-order valence-corrected chi connectivity index (χ1v) is 7.08. The molecule has 0 radical (unpaired) electrons. The van der Waals surface area contributed by atoms with Crippen molar-refractivity contribution in [2.45, 2.75) is 20.0 Å². The third-order valence-electron chi connectivity index (χ3n) is 3.13. The van der Waals surface area contributed by atoms with Gasteiger partial charge in [-0.1, -0.05) is 0 Å². The van der Waals surface area contributed by atoms with Gasteiger partial charge in [0.25, 0.3) is 0 Å². The molecule has 6 heteroatoms. The van der Waals surface area contributed by atoms with Crippen molar-refractivity contribution in [3.8, 4) is 5.75 Å². The lowest BCUT2D eigenvalue weighted by Crippen LogP contribution is -2.43. The summed E-state index contributed by atoms with van der Waals surface area (Å²) in [6.07, 6.45) is -0.673. The fourth-order valence-electron chi connectivity index (χ4n) is 2.26. The van der Waals surface area contributed by atoms with E-state index < -0.39 is 6.10 Å². The van der Waals surface area contributed by atoms with Crippen molar-refractivity contribution >= 4 is 17.3 Å². The lowest BCUT2D eigenvalue weighted by Gasteiger charge is -2.26. The van der Waals surface area contributed by atoms with E-state index in [4.69, 9.17) is 10.5 Å². The average molecular weight is 309 g/mol. The normalized spacial score (nSPS) is 12.8. The SMILES string of the molecule is CC(=O)c1ccc(OCC(O)C[N+](C)(C)C)c(C(C)=O)c1N. The van der Waals surface area contributed by atoms with Gasteiger partial charge in [-0.3, -0.25) is 9.59 Å². The number of aliphatic hydroxyl groups is 1. The van der Waals surface area contributed by atoms with Crippen molar-refractivity contribution in [2.75, 3.05) is 40.0 Å². The van der Waals surface area contributed by atoms with Gasteiger partial charge >= 0.3 is 0 Å². The molecule has 0 spiro atoms. The number of Topliss-reactive ketones (excluding diaryl/α,β-unsaturated/α-hetero) is 2. The molecule has 1 rings (SSSR count). The summed E-state index contributed by atoms with van der Waals surface area (Å²) in [7, 11) is 5.89. The van der Waals surface area contributed by atoms with Gasteiger partial charge in [-0.15, -0.1) is 0 Å². The van der Waals surface area contributed by atoms with E-state index in [1.165, 1.54) is 19.9 Å². The van der Waals surface area contributed by atoms with E-state index in [1.54, 1.807) is 6.07 Å².